The first-order chi connectivity index (χ1) is 17.0. The maximum absolute atomic E-state index is 13.5. The smallest absolute Gasteiger partial charge is 0.245 e. The molecule has 0 saturated carbocycles. The van der Waals surface area contributed by atoms with E-state index in [-0.39, 0.29) is 10.8 Å². The summed E-state index contributed by atoms with van der Waals surface area (Å²) in [5.74, 6) is -0.807. The number of carbonyl (C=O) groups excluding carboxylic acids is 2. The molecule has 1 aliphatic rings. The Balaban J connectivity index is 1.55. The first kappa shape index (κ1) is 26.2. The van der Waals surface area contributed by atoms with Gasteiger partial charge in [0.15, 0.2) is 0 Å². The molecule has 1 saturated heterocycles. The SMILES string of the molecule is CC(=O)n1c(C)cc2cc(C)cc(S(=O)(=O)N(C)CC(=O)Nc3ccc(N4CCOCC4)c(Cl)c3)c21. The van der Waals surface area contributed by atoms with Crippen LogP contribution in [-0.2, 0) is 19.6 Å². The molecule has 1 aromatic heterocycles. The lowest BCUT2D eigenvalue weighted by Crippen LogP contribution is -2.36. The molecule has 0 spiro atoms. The maximum Gasteiger partial charge on any atom is 0.245 e. The summed E-state index contributed by atoms with van der Waals surface area (Å²) in [6.07, 6.45) is 0. The standard InChI is InChI=1S/C25H29ClN4O5S/c1-16-11-19-13-17(2)30(18(3)31)25(19)23(12-16)36(33,34)28(4)15-24(32)27-20-5-6-22(21(26)14-20)29-7-9-35-10-8-29/h5-6,11-14H,7-10,15H2,1-4H3,(H,27,32). The fraction of sp³-hybridized carbons (Fsp3) is 0.360. The van der Waals surface area contributed by atoms with Crippen molar-refractivity contribution in [1.82, 2.24) is 8.87 Å². The largest absolute Gasteiger partial charge is 0.378 e. The number of hydrogen-bond donors (Lipinski definition) is 1. The number of halogens is 1. The van der Waals surface area contributed by atoms with Gasteiger partial charge in [0.05, 0.1) is 36.0 Å². The van der Waals surface area contributed by atoms with E-state index in [1.54, 1.807) is 32.0 Å². The number of likely N-dealkylation sites (N-methyl/N-ethyl adjacent to an activating group) is 1. The molecule has 2 aromatic carbocycles. The fourth-order valence-electron chi connectivity index (χ4n) is 4.49. The third-order valence-electron chi connectivity index (χ3n) is 6.14. The number of hydrogen-bond acceptors (Lipinski definition) is 6. The minimum absolute atomic E-state index is 0.0194. The average molecular weight is 533 g/mol. The van der Waals surface area contributed by atoms with Crippen LogP contribution in [0.4, 0.5) is 11.4 Å². The van der Waals surface area contributed by atoms with Crippen molar-refractivity contribution in [2.24, 2.45) is 0 Å². The van der Waals surface area contributed by atoms with E-state index < -0.39 is 22.5 Å². The van der Waals surface area contributed by atoms with Crippen LogP contribution in [0.25, 0.3) is 10.9 Å². The van der Waals surface area contributed by atoms with E-state index in [9.17, 15) is 18.0 Å². The highest BCUT2D eigenvalue weighted by atomic mass is 35.5. The number of rotatable bonds is 6. The van der Waals surface area contributed by atoms with Gasteiger partial charge in [0, 0.05) is 43.8 Å². The number of benzene rings is 2. The molecule has 2 heterocycles. The van der Waals surface area contributed by atoms with E-state index in [0.29, 0.717) is 40.5 Å². The van der Waals surface area contributed by atoms with E-state index in [4.69, 9.17) is 16.3 Å². The molecular formula is C25H29ClN4O5S. The first-order valence-electron chi connectivity index (χ1n) is 11.5. The van der Waals surface area contributed by atoms with Crippen LogP contribution in [0.3, 0.4) is 0 Å². The van der Waals surface area contributed by atoms with Gasteiger partial charge in [-0.05, 0) is 55.8 Å². The number of nitrogens with zero attached hydrogens (tertiary/aromatic N) is 3. The third kappa shape index (κ3) is 5.12. The molecule has 11 heteroatoms. The zero-order valence-electron chi connectivity index (χ0n) is 20.7. The second-order valence-electron chi connectivity index (χ2n) is 8.92. The summed E-state index contributed by atoms with van der Waals surface area (Å²) in [4.78, 5) is 27.1. The topological polar surface area (TPSA) is 101 Å². The predicted octanol–water partition coefficient (Wildman–Crippen LogP) is 3.67. The minimum Gasteiger partial charge on any atom is -0.378 e. The molecule has 1 aliphatic heterocycles. The van der Waals surface area contributed by atoms with E-state index in [0.717, 1.165) is 28.6 Å². The molecule has 3 aromatic rings. The van der Waals surface area contributed by atoms with Gasteiger partial charge >= 0.3 is 0 Å². The van der Waals surface area contributed by atoms with Gasteiger partial charge in [-0.2, -0.15) is 4.31 Å². The van der Waals surface area contributed by atoms with Crippen LogP contribution in [0, 0.1) is 13.8 Å². The lowest BCUT2D eigenvalue weighted by Gasteiger charge is -2.29. The van der Waals surface area contributed by atoms with Crippen LogP contribution in [0.5, 0.6) is 0 Å². The van der Waals surface area contributed by atoms with E-state index in [1.165, 1.54) is 24.6 Å². The molecule has 0 aliphatic carbocycles. The van der Waals surface area contributed by atoms with Gasteiger partial charge in [-0.3, -0.25) is 14.2 Å². The molecule has 1 amide bonds. The minimum atomic E-state index is -4.09. The van der Waals surface area contributed by atoms with Crippen LogP contribution in [-0.4, -0.2) is 69.0 Å². The normalized spacial score (nSPS) is 14.4. The Morgan fingerprint density at radius 2 is 1.81 bits per heavy atom. The highest BCUT2D eigenvalue weighted by Crippen LogP contribution is 2.31. The molecular weight excluding hydrogens is 504 g/mol. The molecule has 0 bridgehead atoms. The molecule has 9 nitrogen and oxygen atoms in total. The lowest BCUT2D eigenvalue weighted by atomic mass is 10.2. The van der Waals surface area contributed by atoms with Gasteiger partial charge in [-0.1, -0.05) is 11.6 Å². The number of morpholine rings is 1. The van der Waals surface area contributed by atoms with Crippen LogP contribution >= 0.6 is 11.6 Å². The van der Waals surface area contributed by atoms with Gasteiger partial charge in [0.1, 0.15) is 4.90 Å². The number of aryl methyl sites for hydroxylation is 2. The van der Waals surface area contributed by atoms with Gasteiger partial charge in [0.25, 0.3) is 0 Å². The lowest BCUT2D eigenvalue weighted by molar-refractivity contribution is -0.116. The van der Waals surface area contributed by atoms with Gasteiger partial charge in [0.2, 0.25) is 21.8 Å². The molecule has 192 valence electrons. The van der Waals surface area contributed by atoms with Crippen LogP contribution < -0.4 is 10.2 Å². The molecule has 0 atom stereocenters. The average Bonchev–Trinajstić information content (AvgIpc) is 3.14. The van der Waals surface area contributed by atoms with Crippen molar-refractivity contribution in [1.29, 1.82) is 0 Å². The monoisotopic (exact) mass is 532 g/mol. The van der Waals surface area contributed by atoms with Crippen LogP contribution in [0.2, 0.25) is 5.02 Å². The van der Waals surface area contributed by atoms with Gasteiger partial charge in [-0.15, -0.1) is 0 Å². The number of anilines is 2. The maximum atomic E-state index is 13.5. The number of carbonyl (C=O) groups is 2. The third-order valence-corrected chi connectivity index (χ3v) is 8.26. The Labute approximate surface area is 215 Å². The van der Waals surface area contributed by atoms with Crippen molar-refractivity contribution in [3.63, 3.8) is 0 Å². The van der Waals surface area contributed by atoms with E-state index in [2.05, 4.69) is 10.2 Å². The van der Waals surface area contributed by atoms with Crippen molar-refractivity contribution < 1.29 is 22.7 Å². The van der Waals surface area contributed by atoms with Crippen LogP contribution in [0.15, 0.2) is 41.3 Å². The van der Waals surface area contributed by atoms with E-state index >= 15 is 0 Å². The van der Waals surface area contributed by atoms with Crippen molar-refractivity contribution in [3.05, 3.63) is 52.7 Å². The van der Waals surface area contributed by atoms with Gasteiger partial charge < -0.3 is 15.0 Å². The zero-order chi connectivity index (χ0) is 26.2. The number of nitrogens with one attached hydrogen (secondary N) is 1. The van der Waals surface area contributed by atoms with Crippen LogP contribution in [0.1, 0.15) is 23.0 Å². The Morgan fingerprint density at radius 3 is 2.44 bits per heavy atom. The van der Waals surface area contributed by atoms with Crippen molar-refractivity contribution >= 4 is 55.7 Å². The highest BCUT2D eigenvalue weighted by molar-refractivity contribution is 7.89. The molecule has 4 rings (SSSR count). The van der Waals surface area contributed by atoms with E-state index in [1.807, 2.05) is 12.1 Å². The second-order valence-corrected chi connectivity index (χ2v) is 11.3. The number of fused-ring (bicyclic) bond motifs is 1. The summed E-state index contributed by atoms with van der Waals surface area (Å²) in [5.41, 5.74) is 2.99. The Bertz CT molecular complexity index is 1440. The zero-order valence-corrected chi connectivity index (χ0v) is 22.2. The molecule has 0 radical (unpaired) electrons. The number of aromatic nitrogens is 1. The fourth-order valence-corrected chi connectivity index (χ4v) is 6.20. The molecule has 36 heavy (non-hydrogen) atoms. The highest BCUT2D eigenvalue weighted by Gasteiger charge is 2.28. The number of sulfonamides is 1. The summed E-state index contributed by atoms with van der Waals surface area (Å²) in [5, 5.41) is 3.85. The Hall–Kier alpha value is -2.92. The summed E-state index contributed by atoms with van der Waals surface area (Å²) < 4.78 is 34.8. The summed E-state index contributed by atoms with van der Waals surface area (Å²) in [6.45, 7) is 7.21. The molecule has 1 fully saturated rings. The second kappa shape index (κ2) is 10.2. The van der Waals surface area contributed by atoms with Crippen molar-refractivity contribution in [3.8, 4) is 0 Å². The van der Waals surface area contributed by atoms with Crippen molar-refractivity contribution in [2.75, 3.05) is 50.1 Å². The Kier molecular flexibility index (Phi) is 7.42. The summed E-state index contributed by atoms with van der Waals surface area (Å²) in [6, 6.07) is 10.3. The van der Waals surface area contributed by atoms with Crippen molar-refractivity contribution in [2.45, 2.75) is 25.7 Å². The first-order valence-corrected chi connectivity index (χ1v) is 13.3. The molecule has 0 unspecified atom stereocenters. The predicted molar refractivity (Wildman–Crippen MR) is 141 cm³/mol. The molecule has 1 N–H and O–H groups in total. The quantitative estimate of drug-likeness (QED) is 0.520. The number of amides is 1. The number of ether oxygens (including phenoxy) is 1. The van der Waals surface area contributed by atoms with Gasteiger partial charge in [-0.25, -0.2) is 8.42 Å². The summed E-state index contributed by atoms with van der Waals surface area (Å²) in [7, 11) is -2.75. The Morgan fingerprint density at radius 1 is 1.11 bits per heavy atom. The summed E-state index contributed by atoms with van der Waals surface area (Å²) >= 11 is 6.45.